The summed E-state index contributed by atoms with van der Waals surface area (Å²) in [5.41, 5.74) is -0.619. The smallest absolute Gasteiger partial charge is 0.410 e. The Bertz CT molecular complexity index is 269. The highest BCUT2D eigenvalue weighted by molar-refractivity contribution is 5.68. The number of likely N-dealkylation sites (tertiary alicyclic amines) is 1. The molecule has 1 rings (SSSR count). The van der Waals surface area contributed by atoms with E-state index in [0.29, 0.717) is 6.54 Å². The van der Waals surface area contributed by atoms with Crippen LogP contribution in [0.15, 0.2) is 0 Å². The number of ether oxygens (including phenoxy) is 1. The van der Waals surface area contributed by atoms with Gasteiger partial charge in [-0.3, -0.25) is 0 Å². The molecule has 2 N–H and O–H groups in total. The van der Waals surface area contributed by atoms with Gasteiger partial charge in [0.1, 0.15) is 5.60 Å². The quantitative estimate of drug-likeness (QED) is 0.714. The van der Waals surface area contributed by atoms with Gasteiger partial charge in [0.25, 0.3) is 0 Å². The molecule has 17 heavy (non-hydrogen) atoms. The van der Waals surface area contributed by atoms with Crippen molar-refractivity contribution < 1.29 is 9.53 Å². The standard InChI is InChI=1S/C12H25N3O2/c1-11(2,3)17-10(16)15-8-6-7-12(9-15,13-4)14-5/h13-14H,6-9H2,1-5H3. The highest BCUT2D eigenvalue weighted by Gasteiger charge is 2.36. The second-order valence-corrected chi connectivity index (χ2v) is 5.59. The van der Waals surface area contributed by atoms with Crippen LogP contribution in [0.4, 0.5) is 4.79 Å². The molecule has 1 fully saturated rings. The Hall–Kier alpha value is -0.810. The van der Waals surface area contributed by atoms with Crippen LogP contribution in [0.1, 0.15) is 33.6 Å². The second kappa shape index (κ2) is 5.23. The van der Waals surface area contributed by atoms with E-state index in [1.165, 1.54) is 0 Å². The van der Waals surface area contributed by atoms with Gasteiger partial charge >= 0.3 is 6.09 Å². The third kappa shape index (κ3) is 3.85. The van der Waals surface area contributed by atoms with Gasteiger partial charge in [-0.25, -0.2) is 4.79 Å². The van der Waals surface area contributed by atoms with E-state index in [1.54, 1.807) is 4.90 Å². The van der Waals surface area contributed by atoms with Gasteiger partial charge in [0.15, 0.2) is 0 Å². The maximum absolute atomic E-state index is 12.0. The topological polar surface area (TPSA) is 53.6 Å². The largest absolute Gasteiger partial charge is 0.444 e. The Labute approximate surface area is 104 Å². The van der Waals surface area contributed by atoms with Crippen molar-refractivity contribution in [2.24, 2.45) is 0 Å². The molecule has 100 valence electrons. The SMILES string of the molecule is CNC1(NC)CCCN(C(=O)OC(C)(C)C)C1. The molecule has 1 saturated heterocycles. The lowest BCUT2D eigenvalue weighted by atomic mass is 9.99. The van der Waals surface area contributed by atoms with Crippen LogP contribution in [0, 0.1) is 0 Å². The number of nitrogens with zero attached hydrogens (tertiary/aromatic N) is 1. The molecule has 1 amide bonds. The lowest BCUT2D eigenvalue weighted by Gasteiger charge is -2.42. The normalized spacial score (nSPS) is 20.2. The number of hydrogen-bond acceptors (Lipinski definition) is 4. The van der Waals surface area contributed by atoms with Gasteiger partial charge in [-0.05, 0) is 47.7 Å². The summed E-state index contributed by atoms with van der Waals surface area (Å²) in [7, 11) is 3.82. The molecule has 0 unspecified atom stereocenters. The van der Waals surface area contributed by atoms with Gasteiger partial charge < -0.3 is 20.3 Å². The van der Waals surface area contributed by atoms with Crippen molar-refractivity contribution in [3.05, 3.63) is 0 Å². The molecule has 0 spiro atoms. The van der Waals surface area contributed by atoms with E-state index in [1.807, 2.05) is 34.9 Å². The molecule has 0 aromatic rings. The zero-order chi connectivity index (χ0) is 13.1. The van der Waals surface area contributed by atoms with Crippen molar-refractivity contribution in [1.82, 2.24) is 15.5 Å². The summed E-state index contributed by atoms with van der Waals surface area (Å²) in [6, 6.07) is 0. The third-order valence-corrected chi connectivity index (χ3v) is 3.10. The minimum Gasteiger partial charge on any atom is -0.444 e. The Morgan fingerprint density at radius 3 is 2.35 bits per heavy atom. The average molecular weight is 243 g/mol. The lowest BCUT2D eigenvalue weighted by Crippen LogP contribution is -2.64. The average Bonchev–Trinajstić information content (AvgIpc) is 2.27. The second-order valence-electron chi connectivity index (χ2n) is 5.59. The first-order valence-electron chi connectivity index (χ1n) is 6.18. The molecule has 5 heteroatoms. The van der Waals surface area contributed by atoms with Crippen molar-refractivity contribution >= 4 is 6.09 Å². The van der Waals surface area contributed by atoms with Gasteiger partial charge in [0, 0.05) is 6.54 Å². The van der Waals surface area contributed by atoms with Crippen molar-refractivity contribution in [2.45, 2.75) is 44.9 Å². The Balaban J connectivity index is 2.63. The Morgan fingerprint density at radius 2 is 1.88 bits per heavy atom. The molecule has 0 saturated carbocycles. The first-order valence-corrected chi connectivity index (χ1v) is 6.18. The van der Waals surface area contributed by atoms with Crippen LogP contribution >= 0.6 is 0 Å². The van der Waals surface area contributed by atoms with E-state index in [-0.39, 0.29) is 11.8 Å². The first-order chi connectivity index (χ1) is 7.82. The summed E-state index contributed by atoms with van der Waals surface area (Å²) in [6.45, 7) is 7.06. The number of likely N-dealkylation sites (N-methyl/N-ethyl adjacent to an activating group) is 2. The fourth-order valence-electron chi connectivity index (χ4n) is 2.07. The van der Waals surface area contributed by atoms with E-state index in [2.05, 4.69) is 10.6 Å². The number of carbonyl (C=O) groups excluding carboxylic acids is 1. The predicted molar refractivity (Wildman–Crippen MR) is 67.9 cm³/mol. The summed E-state index contributed by atoms with van der Waals surface area (Å²) in [6.07, 6.45) is 1.76. The van der Waals surface area contributed by atoms with Gasteiger partial charge in [-0.15, -0.1) is 0 Å². The monoisotopic (exact) mass is 243 g/mol. The Kier molecular flexibility index (Phi) is 4.38. The van der Waals surface area contributed by atoms with Gasteiger partial charge in [-0.2, -0.15) is 0 Å². The highest BCUT2D eigenvalue weighted by Crippen LogP contribution is 2.20. The van der Waals surface area contributed by atoms with Gasteiger partial charge in [-0.1, -0.05) is 0 Å². The van der Waals surface area contributed by atoms with E-state index in [0.717, 1.165) is 19.4 Å². The number of rotatable bonds is 2. The van der Waals surface area contributed by atoms with E-state index in [9.17, 15) is 4.79 Å². The van der Waals surface area contributed by atoms with Crippen LogP contribution in [-0.2, 0) is 4.74 Å². The predicted octanol–water partition coefficient (Wildman–Crippen LogP) is 1.15. The third-order valence-electron chi connectivity index (χ3n) is 3.10. The fraction of sp³-hybridized carbons (Fsp3) is 0.917. The maximum Gasteiger partial charge on any atom is 0.410 e. The minimum atomic E-state index is -0.434. The molecule has 1 aliphatic rings. The molecule has 5 nitrogen and oxygen atoms in total. The summed E-state index contributed by atoms with van der Waals surface area (Å²) in [5, 5.41) is 6.51. The molecule has 1 heterocycles. The molecule has 1 aliphatic heterocycles. The molecule has 0 atom stereocenters. The minimum absolute atomic E-state index is 0.185. The van der Waals surface area contributed by atoms with Crippen LogP contribution in [0.25, 0.3) is 0 Å². The molecule has 0 aromatic carbocycles. The molecule has 0 aliphatic carbocycles. The van der Waals surface area contributed by atoms with E-state index >= 15 is 0 Å². The summed E-state index contributed by atoms with van der Waals surface area (Å²) < 4.78 is 5.39. The van der Waals surface area contributed by atoms with Crippen LogP contribution in [0.3, 0.4) is 0 Å². The number of nitrogens with one attached hydrogen (secondary N) is 2. The first kappa shape index (κ1) is 14.3. The summed E-state index contributed by atoms with van der Waals surface area (Å²) in [5.74, 6) is 0. The lowest BCUT2D eigenvalue weighted by molar-refractivity contribution is 0.00868. The van der Waals surface area contributed by atoms with Crippen LogP contribution in [0.5, 0.6) is 0 Å². The molecular formula is C12H25N3O2. The van der Waals surface area contributed by atoms with Crippen LogP contribution in [-0.4, -0.2) is 49.4 Å². The fourth-order valence-corrected chi connectivity index (χ4v) is 2.07. The van der Waals surface area contributed by atoms with E-state index in [4.69, 9.17) is 4.74 Å². The Morgan fingerprint density at radius 1 is 1.29 bits per heavy atom. The highest BCUT2D eigenvalue weighted by atomic mass is 16.6. The molecule has 0 bridgehead atoms. The van der Waals surface area contributed by atoms with Gasteiger partial charge in [0.2, 0.25) is 0 Å². The van der Waals surface area contributed by atoms with Crippen molar-refractivity contribution in [2.75, 3.05) is 27.2 Å². The zero-order valence-corrected chi connectivity index (χ0v) is 11.6. The van der Waals surface area contributed by atoms with Crippen molar-refractivity contribution in [1.29, 1.82) is 0 Å². The van der Waals surface area contributed by atoms with Crippen molar-refractivity contribution in [3.63, 3.8) is 0 Å². The summed E-state index contributed by atoms with van der Waals surface area (Å²) >= 11 is 0. The maximum atomic E-state index is 12.0. The number of piperidine rings is 1. The summed E-state index contributed by atoms with van der Waals surface area (Å²) in [4.78, 5) is 13.7. The molecule has 0 aromatic heterocycles. The number of amides is 1. The number of hydrogen-bond donors (Lipinski definition) is 2. The zero-order valence-electron chi connectivity index (χ0n) is 11.6. The molecular weight excluding hydrogens is 218 g/mol. The van der Waals surface area contributed by atoms with Crippen molar-refractivity contribution in [3.8, 4) is 0 Å². The van der Waals surface area contributed by atoms with E-state index < -0.39 is 5.60 Å². The van der Waals surface area contributed by atoms with Gasteiger partial charge in [0.05, 0.1) is 12.2 Å². The number of carbonyl (C=O) groups is 1. The van der Waals surface area contributed by atoms with Crippen LogP contribution < -0.4 is 10.6 Å². The molecule has 0 radical (unpaired) electrons. The van der Waals surface area contributed by atoms with Crippen LogP contribution in [0.2, 0.25) is 0 Å².